The highest BCUT2D eigenvalue weighted by Gasteiger charge is 2.14. The van der Waals surface area contributed by atoms with E-state index in [1.807, 2.05) is 0 Å². The fourth-order valence-corrected chi connectivity index (χ4v) is 2.67. The number of esters is 1. The van der Waals surface area contributed by atoms with Gasteiger partial charge in [-0.1, -0.05) is 11.6 Å². The number of aromatic nitrogens is 4. The summed E-state index contributed by atoms with van der Waals surface area (Å²) in [4.78, 5) is 16.7. The van der Waals surface area contributed by atoms with E-state index in [1.165, 1.54) is 11.0 Å². The van der Waals surface area contributed by atoms with Crippen molar-refractivity contribution in [3.8, 4) is 17.3 Å². The molecule has 0 amide bonds. The van der Waals surface area contributed by atoms with E-state index in [2.05, 4.69) is 15.2 Å². The third kappa shape index (κ3) is 5.72. The first-order chi connectivity index (χ1) is 13.9. The second-order valence-corrected chi connectivity index (χ2v) is 6.57. The Morgan fingerprint density at radius 3 is 2.76 bits per heavy atom. The number of pyridine rings is 1. The van der Waals surface area contributed by atoms with Crippen LogP contribution in [-0.4, -0.2) is 38.6 Å². The van der Waals surface area contributed by atoms with Crippen molar-refractivity contribution in [1.29, 1.82) is 0 Å². The Morgan fingerprint density at radius 1 is 1.31 bits per heavy atom. The summed E-state index contributed by atoms with van der Waals surface area (Å²) < 4.78 is 24.1. The highest BCUT2D eigenvalue weighted by molar-refractivity contribution is 6.30. The van der Waals surface area contributed by atoms with E-state index in [-0.39, 0.29) is 23.3 Å². The molecule has 0 aliphatic rings. The number of carbonyl (C=O) groups excluding carboxylic acids is 1. The first kappa shape index (κ1) is 20.7. The smallest absolute Gasteiger partial charge is 0.307 e. The zero-order valence-corrected chi connectivity index (χ0v) is 16.3. The van der Waals surface area contributed by atoms with Gasteiger partial charge in [0.05, 0.1) is 35.6 Å². The number of hydrogen-bond acceptors (Lipinski definition) is 7. The first-order valence-corrected chi connectivity index (χ1v) is 9.24. The maximum absolute atomic E-state index is 13.8. The van der Waals surface area contributed by atoms with E-state index < -0.39 is 11.9 Å². The van der Waals surface area contributed by atoms with Crippen LogP contribution in [0.3, 0.4) is 0 Å². The third-order valence-electron chi connectivity index (χ3n) is 3.80. The van der Waals surface area contributed by atoms with Crippen molar-refractivity contribution in [2.75, 3.05) is 6.61 Å². The summed E-state index contributed by atoms with van der Waals surface area (Å²) in [7, 11) is 0. The van der Waals surface area contributed by atoms with Crippen LogP contribution < -0.4 is 10.5 Å². The fourth-order valence-electron chi connectivity index (χ4n) is 2.52. The summed E-state index contributed by atoms with van der Waals surface area (Å²) in [5.74, 6) is -0.766. The molecular weight excluding hydrogens is 401 g/mol. The van der Waals surface area contributed by atoms with E-state index in [0.29, 0.717) is 30.2 Å². The Balaban J connectivity index is 1.62. The van der Waals surface area contributed by atoms with E-state index >= 15 is 0 Å². The largest absolute Gasteiger partial charge is 0.466 e. The molecule has 29 heavy (non-hydrogen) atoms. The number of ether oxygens (including phenoxy) is 2. The number of nitrogens with two attached hydrogens (primary N) is 1. The SMILES string of the molecule is CCOC(=O)C[C@@H](N)Cc1cnn(-c2ccc(Oc3ncc(Cl)cc3F)cc2)n1. The molecule has 0 spiro atoms. The van der Waals surface area contributed by atoms with Crippen LogP contribution in [0.4, 0.5) is 4.39 Å². The molecule has 0 saturated carbocycles. The van der Waals surface area contributed by atoms with Gasteiger partial charge in [-0.2, -0.15) is 15.0 Å². The summed E-state index contributed by atoms with van der Waals surface area (Å²) in [6.07, 6.45) is 3.39. The van der Waals surface area contributed by atoms with Crippen molar-refractivity contribution in [3.05, 3.63) is 59.3 Å². The molecule has 0 radical (unpaired) electrons. The monoisotopic (exact) mass is 419 g/mol. The minimum absolute atomic E-state index is 0.113. The molecule has 0 fully saturated rings. The van der Waals surface area contributed by atoms with E-state index in [4.69, 9.17) is 26.8 Å². The van der Waals surface area contributed by atoms with Crippen LogP contribution >= 0.6 is 11.6 Å². The molecule has 0 saturated heterocycles. The third-order valence-corrected chi connectivity index (χ3v) is 4.01. The topological polar surface area (TPSA) is 105 Å². The standard InChI is InChI=1S/C19H19ClFN5O3/c1-2-28-18(27)9-13(22)8-14-11-24-26(25-14)15-3-5-16(6-4-15)29-19-17(21)7-12(20)10-23-19/h3-7,10-11,13H,2,8-9,22H2,1H3/t13-/m0/s1. The summed E-state index contributed by atoms with van der Waals surface area (Å²) in [5.41, 5.74) is 7.28. The molecule has 1 aromatic carbocycles. The van der Waals surface area contributed by atoms with Gasteiger partial charge in [-0.05, 0) is 37.3 Å². The van der Waals surface area contributed by atoms with Crippen molar-refractivity contribution in [2.45, 2.75) is 25.8 Å². The molecule has 10 heteroatoms. The maximum atomic E-state index is 13.8. The van der Waals surface area contributed by atoms with Crippen LogP contribution in [0, 0.1) is 5.82 Å². The van der Waals surface area contributed by atoms with Gasteiger partial charge in [0.1, 0.15) is 5.75 Å². The van der Waals surface area contributed by atoms with Crippen LogP contribution in [0.5, 0.6) is 11.6 Å². The van der Waals surface area contributed by atoms with Gasteiger partial charge in [-0.15, -0.1) is 0 Å². The normalized spacial score (nSPS) is 11.9. The average molecular weight is 420 g/mol. The van der Waals surface area contributed by atoms with Crippen LogP contribution in [0.15, 0.2) is 42.7 Å². The van der Waals surface area contributed by atoms with Crippen molar-refractivity contribution < 1.29 is 18.7 Å². The van der Waals surface area contributed by atoms with Crippen LogP contribution in [-0.2, 0) is 16.0 Å². The molecule has 1 atom stereocenters. The minimum Gasteiger partial charge on any atom is -0.466 e. The Bertz CT molecular complexity index is 980. The summed E-state index contributed by atoms with van der Waals surface area (Å²) in [5, 5.41) is 8.74. The lowest BCUT2D eigenvalue weighted by atomic mass is 10.1. The molecular formula is C19H19ClFN5O3. The number of hydrogen-bond donors (Lipinski definition) is 1. The zero-order chi connectivity index (χ0) is 20.8. The van der Waals surface area contributed by atoms with Crippen LogP contribution in [0.1, 0.15) is 19.0 Å². The molecule has 3 aromatic rings. The number of benzene rings is 1. The fraction of sp³-hybridized carbons (Fsp3) is 0.263. The Hall–Kier alpha value is -3.04. The molecule has 0 aliphatic carbocycles. The first-order valence-electron chi connectivity index (χ1n) is 8.86. The highest BCUT2D eigenvalue weighted by atomic mass is 35.5. The molecule has 152 valence electrons. The Kier molecular flexibility index (Phi) is 6.73. The molecule has 0 unspecified atom stereocenters. The zero-order valence-electron chi connectivity index (χ0n) is 15.6. The second kappa shape index (κ2) is 9.44. The predicted octanol–water partition coefficient (Wildman–Crippen LogP) is 3.07. The van der Waals surface area contributed by atoms with Gasteiger partial charge in [0.15, 0.2) is 5.82 Å². The van der Waals surface area contributed by atoms with Gasteiger partial charge in [0, 0.05) is 18.7 Å². The van der Waals surface area contributed by atoms with Crippen molar-refractivity contribution in [1.82, 2.24) is 20.0 Å². The van der Waals surface area contributed by atoms with E-state index in [9.17, 15) is 9.18 Å². The molecule has 0 aliphatic heterocycles. The second-order valence-electron chi connectivity index (χ2n) is 6.14. The van der Waals surface area contributed by atoms with Gasteiger partial charge in [0.25, 0.3) is 5.88 Å². The molecule has 3 rings (SSSR count). The lowest BCUT2D eigenvalue weighted by molar-refractivity contribution is -0.143. The van der Waals surface area contributed by atoms with Crippen LogP contribution in [0.2, 0.25) is 5.02 Å². The van der Waals surface area contributed by atoms with E-state index in [0.717, 1.165) is 6.07 Å². The minimum atomic E-state index is -0.654. The predicted molar refractivity (Wildman–Crippen MR) is 104 cm³/mol. The molecule has 2 N–H and O–H groups in total. The molecule has 2 heterocycles. The molecule has 2 aromatic heterocycles. The van der Waals surface area contributed by atoms with Crippen LogP contribution in [0.25, 0.3) is 5.69 Å². The summed E-state index contributed by atoms with van der Waals surface area (Å²) in [6, 6.07) is 7.43. The lowest BCUT2D eigenvalue weighted by Crippen LogP contribution is -2.27. The van der Waals surface area contributed by atoms with Crippen molar-refractivity contribution in [3.63, 3.8) is 0 Å². The lowest BCUT2D eigenvalue weighted by Gasteiger charge is -2.08. The number of rotatable bonds is 8. The van der Waals surface area contributed by atoms with Gasteiger partial charge in [-0.3, -0.25) is 4.79 Å². The van der Waals surface area contributed by atoms with Gasteiger partial charge < -0.3 is 15.2 Å². The molecule has 0 bridgehead atoms. The van der Waals surface area contributed by atoms with Crippen molar-refractivity contribution >= 4 is 17.6 Å². The summed E-state index contributed by atoms with van der Waals surface area (Å²) >= 11 is 5.68. The number of carbonyl (C=O) groups is 1. The number of nitrogens with zero attached hydrogens (tertiary/aromatic N) is 4. The Morgan fingerprint density at radius 2 is 2.07 bits per heavy atom. The average Bonchev–Trinajstić information content (AvgIpc) is 3.13. The maximum Gasteiger partial charge on any atom is 0.307 e. The highest BCUT2D eigenvalue weighted by Crippen LogP contribution is 2.24. The summed E-state index contributed by atoms with van der Waals surface area (Å²) in [6.45, 7) is 2.07. The van der Waals surface area contributed by atoms with Crippen molar-refractivity contribution in [2.24, 2.45) is 5.73 Å². The van der Waals surface area contributed by atoms with E-state index in [1.54, 1.807) is 37.4 Å². The van der Waals surface area contributed by atoms with Gasteiger partial charge >= 0.3 is 5.97 Å². The quantitative estimate of drug-likeness (QED) is 0.559. The number of halogens is 2. The Labute approximate surface area is 171 Å². The molecule has 8 nitrogen and oxygen atoms in total. The van der Waals surface area contributed by atoms with Gasteiger partial charge in [0.2, 0.25) is 0 Å². The van der Waals surface area contributed by atoms with Gasteiger partial charge in [-0.25, -0.2) is 9.37 Å².